The number of benzene rings is 1. The highest BCUT2D eigenvalue weighted by Gasteiger charge is 2.14. The topological polar surface area (TPSA) is 34.5 Å². The first-order valence-electron chi connectivity index (χ1n) is 7.86. The van der Waals surface area contributed by atoms with Gasteiger partial charge < -0.3 is 4.74 Å². The van der Waals surface area contributed by atoms with E-state index in [4.69, 9.17) is 9.73 Å². The number of allylic oxidation sites excluding steroid dienone is 1. The molecule has 1 aromatic heterocycles. The molecule has 3 rings (SSSR count). The monoisotopic (exact) mass is 376 g/mol. The lowest BCUT2D eigenvalue weighted by atomic mass is 9.95. The lowest BCUT2D eigenvalue weighted by molar-refractivity contribution is 0.363. The van der Waals surface area contributed by atoms with E-state index in [1.54, 1.807) is 12.3 Å². The van der Waals surface area contributed by atoms with Crippen LogP contribution < -0.4 is 4.74 Å². The number of hydrogen-bond acceptors (Lipinski definition) is 3. The Hall–Kier alpha value is -2.10. The first-order chi connectivity index (χ1) is 11.4. The quantitative estimate of drug-likeness (QED) is 0.675. The van der Waals surface area contributed by atoms with Gasteiger partial charge in [-0.25, -0.2) is 0 Å². The summed E-state index contributed by atoms with van der Waals surface area (Å²) in [6, 6.07) is 12.1. The second-order valence-electron chi connectivity index (χ2n) is 5.41. The van der Waals surface area contributed by atoms with E-state index in [1.807, 2.05) is 24.4 Å². The molecule has 2 heterocycles. The van der Waals surface area contributed by atoms with E-state index < -0.39 is 0 Å². The zero-order valence-electron chi connectivity index (χ0n) is 13.9. The average molecular weight is 377 g/mol. The molecule has 1 aromatic carbocycles. The standard InChI is InChI=1S/C20H20N2O.2ClH/c1-2-13-23-19-9-7-16(8-10-19)14-17-5-4-12-22-20(17)18-6-3-11-21-15-18;;/h2-3,6-11,14-15H,1,4-5,12-13H2;2*1H. The Bertz CT molecular complexity index is 725. The van der Waals surface area contributed by atoms with Crippen LogP contribution >= 0.6 is 24.8 Å². The summed E-state index contributed by atoms with van der Waals surface area (Å²) < 4.78 is 5.52. The van der Waals surface area contributed by atoms with Gasteiger partial charge in [-0.1, -0.05) is 24.8 Å². The Morgan fingerprint density at radius 2 is 1.92 bits per heavy atom. The fourth-order valence-electron chi connectivity index (χ4n) is 2.62. The molecule has 0 atom stereocenters. The van der Waals surface area contributed by atoms with Gasteiger partial charge in [0.25, 0.3) is 0 Å². The summed E-state index contributed by atoms with van der Waals surface area (Å²) in [6.45, 7) is 5.07. The lowest BCUT2D eigenvalue weighted by Gasteiger charge is -2.16. The van der Waals surface area contributed by atoms with Crippen LogP contribution in [0.2, 0.25) is 0 Å². The van der Waals surface area contributed by atoms with E-state index in [1.165, 1.54) is 5.57 Å². The van der Waals surface area contributed by atoms with Gasteiger partial charge in [-0.2, -0.15) is 0 Å². The van der Waals surface area contributed by atoms with Gasteiger partial charge in [0.05, 0.1) is 5.71 Å². The van der Waals surface area contributed by atoms with Crippen LogP contribution in [0.1, 0.15) is 24.0 Å². The van der Waals surface area contributed by atoms with Crippen molar-refractivity contribution in [3.63, 3.8) is 0 Å². The molecule has 0 saturated carbocycles. The third-order valence-electron chi connectivity index (χ3n) is 3.70. The normalized spacial score (nSPS) is 14.7. The maximum absolute atomic E-state index is 5.52. The van der Waals surface area contributed by atoms with Crippen molar-refractivity contribution in [2.24, 2.45) is 4.99 Å². The molecule has 3 nitrogen and oxygen atoms in total. The van der Waals surface area contributed by atoms with Crippen molar-refractivity contribution in [1.29, 1.82) is 0 Å². The molecule has 0 radical (unpaired) electrons. The molecule has 0 unspecified atom stereocenters. The molecule has 0 bridgehead atoms. The van der Waals surface area contributed by atoms with Gasteiger partial charge in [-0.3, -0.25) is 9.98 Å². The third-order valence-corrected chi connectivity index (χ3v) is 3.70. The Balaban J connectivity index is 0.00000156. The van der Waals surface area contributed by atoms with Crippen LogP contribution in [0, 0.1) is 0 Å². The number of aromatic nitrogens is 1. The molecule has 0 saturated heterocycles. The molecule has 132 valence electrons. The van der Waals surface area contributed by atoms with Crippen LogP contribution in [-0.4, -0.2) is 23.8 Å². The van der Waals surface area contributed by atoms with Gasteiger partial charge >= 0.3 is 0 Å². The molecule has 0 fully saturated rings. The van der Waals surface area contributed by atoms with Crippen LogP contribution in [0.5, 0.6) is 5.75 Å². The molecule has 0 aliphatic carbocycles. The summed E-state index contributed by atoms with van der Waals surface area (Å²) in [5.74, 6) is 0.858. The smallest absolute Gasteiger partial charge is 0.119 e. The second-order valence-corrected chi connectivity index (χ2v) is 5.41. The maximum atomic E-state index is 5.52. The molecule has 0 spiro atoms. The highest BCUT2D eigenvalue weighted by molar-refractivity contribution is 6.15. The summed E-state index contributed by atoms with van der Waals surface area (Å²) in [5, 5.41) is 0. The van der Waals surface area contributed by atoms with Crippen LogP contribution in [0.15, 0.2) is 72.0 Å². The lowest BCUT2D eigenvalue weighted by Crippen LogP contribution is -2.11. The van der Waals surface area contributed by atoms with E-state index in [0.29, 0.717) is 6.61 Å². The molecule has 1 aliphatic heterocycles. The predicted molar refractivity (Wildman–Crippen MR) is 109 cm³/mol. The molecule has 2 aromatic rings. The SMILES string of the molecule is C=CCOc1ccc(C=C2CCCN=C2c2cccnc2)cc1.Cl.Cl. The summed E-state index contributed by atoms with van der Waals surface area (Å²) >= 11 is 0. The number of nitrogens with zero attached hydrogens (tertiary/aromatic N) is 2. The van der Waals surface area contributed by atoms with E-state index in [9.17, 15) is 0 Å². The minimum Gasteiger partial charge on any atom is -0.490 e. The number of ether oxygens (including phenoxy) is 1. The Morgan fingerprint density at radius 3 is 2.60 bits per heavy atom. The van der Waals surface area contributed by atoms with Crippen molar-refractivity contribution in [2.45, 2.75) is 12.8 Å². The van der Waals surface area contributed by atoms with Crippen LogP contribution in [0.25, 0.3) is 6.08 Å². The van der Waals surface area contributed by atoms with Gasteiger partial charge in [0, 0.05) is 24.5 Å². The van der Waals surface area contributed by atoms with E-state index in [2.05, 4.69) is 35.8 Å². The third kappa shape index (κ3) is 5.73. The first-order valence-corrected chi connectivity index (χ1v) is 7.86. The van der Waals surface area contributed by atoms with Crippen molar-refractivity contribution < 1.29 is 4.74 Å². The maximum Gasteiger partial charge on any atom is 0.119 e. The molecule has 0 N–H and O–H groups in total. The van der Waals surface area contributed by atoms with Crippen molar-refractivity contribution in [3.05, 3.63) is 78.1 Å². The predicted octanol–water partition coefficient (Wildman–Crippen LogP) is 5.16. The number of hydrogen-bond donors (Lipinski definition) is 0. The largest absolute Gasteiger partial charge is 0.490 e. The van der Waals surface area contributed by atoms with E-state index >= 15 is 0 Å². The highest BCUT2D eigenvalue weighted by atomic mass is 35.5. The number of aliphatic imine (C=N–C) groups is 1. The molecule has 0 amide bonds. The molecular formula is C20H22Cl2N2O. The molecule has 5 heteroatoms. The van der Waals surface area contributed by atoms with Crippen molar-refractivity contribution >= 4 is 36.6 Å². The summed E-state index contributed by atoms with van der Waals surface area (Å²) in [7, 11) is 0. The summed E-state index contributed by atoms with van der Waals surface area (Å²) in [5.41, 5.74) is 4.58. The van der Waals surface area contributed by atoms with Crippen molar-refractivity contribution in [3.8, 4) is 5.75 Å². The van der Waals surface area contributed by atoms with Crippen LogP contribution in [0.4, 0.5) is 0 Å². The van der Waals surface area contributed by atoms with E-state index in [0.717, 1.165) is 42.0 Å². The average Bonchev–Trinajstić information content (AvgIpc) is 2.62. The first kappa shape index (κ1) is 20.9. The van der Waals surface area contributed by atoms with Crippen LogP contribution in [-0.2, 0) is 0 Å². The molecule has 25 heavy (non-hydrogen) atoms. The number of pyridine rings is 1. The van der Waals surface area contributed by atoms with Gasteiger partial charge in [-0.15, -0.1) is 24.8 Å². The van der Waals surface area contributed by atoms with E-state index in [-0.39, 0.29) is 24.8 Å². The Morgan fingerprint density at radius 1 is 1.12 bits per heavy atom. The molecular weight excluding hydrogens is 355 g/mol. The second kappa shape index (κ2) is 10.7. The van der Waals surface area contributed by atoms with Crippen molar-refractivity contribution in [2.75, 3.05) is 13.2 Å². The zero-order valence-corrected chi connectivity index (χ0v) is 15.6. The zero-order chi connectivity index (χ0) is 15.9. The summed E-state index contributed by atoms with van der Waals surface area (Å²) in [6.07, 6.45) is 9.76. The number of rotatable bonds is 5. The number of halogens is 2. The van der Waals surface area contributed by atoms with Gasteiger partial charge in [0.15, 0.2) is 0 Å². The fraction of sp³-hybridized carbons (Fsp3) is 0.200. The Labute approximate surface area is 161 Å². The van der Waals surface area contributed by atoms with Crippen molar-refractivity contribution in [1.82, 2.24) is 4.98 Å². The van der Waals surface area contributed by atoms with Gasteiger partial charge in [0.1, 0.15) is 12.4 Å². The minimum absolute atomic E-state index is 0. The van der Waals surface area contributed by atoms with Gasteiger partial charge in [-0.05, 0) is 54.3 Å². The van der Waals surface area contributed by atoms with Crippen LogP contribution in [0.3, 0.4) is 0 Å². The van der Waals surface area contributed by atoms with Gasteiger partial charge in [0.2, 0.25) is 0 Å². The highest BCUT2D eigenvalue weighted by Crippen LogP contribution is 2.23. The summed E-state index contributed by atoms with van der Waals surface area (Å²) in [4.78, 5) is 8.92. The Kier molecular flexibility index (Phi) is 8.96. The fourth-order valence-corrected chi connectivity index (χ4v) is 2.62. The molecule has 1 aliphatic rings. The minimum atomic E-state index is 0.